The van der Waals surface area contributed by atoms with Gasteiger partial charge in [0.15, 0.2) is 0 Å². The summed E-state index contributed by atoms with van der Waals surface area (Å²) in [6.07, 6.45) is 5.47. The molecule has 1 aliphatic carbocycles. The Hall–Kier alpha value is -4.46. The van der Waals surface area contributed by atoms with Gasteiger partial charge in [0.05, 0.1) is 24.5 Å². The lowest BCUT2D eigenvalue weighted by Gasteiger charge is -2.25. The van der Waals surface area contributed by atoms with Crippen molar-refractivity contribution in [2.75, 3.05) is 12.4 Å². The van der Waals surface area contributed by atoms with Crippen molar-refractivity contribution in [3.8, 4) is 28.5 Å². The first-order chi connectivity index (χ1) is 19.0. The van der Waals surface area contributed by atoms with Gasteiger partial charge in [0.1, 0.15) is 28.6 Å². The number of para-hydroxylation sites is 1. The van der Waals surface area contributed by atoms with Gasteiger partial charge in [-0.1, -0.05) is 55.7 Å². The predicted molar refractivity (Wildman–Crippen MR) is 149 cm³/mol. The standard InChI is InChI=1S/C31H32N4O4/c1-39-28-14-8-7-13-24(28)25-17-29(35(33-25)22-11-3-2-4-12-22)32-26-15-23(36)16-27(37)30(26)31(38)34-18-20-9-5-6-10-21(20)19-34/h5-10,13-17,22,32,36-37H,2-4,11-12,18-19H2,1H3. The summed E-state index contributed by atoms with van der Waals surface area (Å²) in [5, 5.41) is 29.6. The van der Waals surface area contributed by atoms with Crippen LogP contribution in [0.15, 0.2) is 66.7 Å². The molecule has 1 amide bonds. The number of carbonyl (C=O) groups is 1. The lowest BCUT2D eigenvalue weighted by atomic mass is 9.96. The number of aromatic nitrogens is 2. The summed E-state index contributed by atoms with van der Waals surface area (Å²) in [7, 11) is 1.64. The molecule has 2 heterocycles. The molecule has 8 nitrogen and oxygen atoms in total. The molecule has 0 unspecified atom stereocenters. The van der Waals surface area contributed by atoms with Crippen LogP contribution in [0.1, 0.15) is 59.6 Å². The number of benzene rings is 3. The van der Waals surface area contributed by atoms with E-state index in [4.69, 9.17) is 9.84 Å². The van der Waals surface area contributed by atoms with E-state index in [-0.39, 0.29) is 29.0 Å². The van der Waals surface area contributed by atoms with E-state index in [1.165, 1.54) is 18.6 Å². The van der Waals surface area contributed by atoms with Crippen molar-refractivity contribution in [2.24, 2.45) is 0 Å². The highest BCUT2D eigenvalue weighted by atomic mass is 16.5. The van der Waals surface area contributed by atoms with Gasteiger partial charge in [0, 0.05) is 36.9 Å². The molecule has 1 saturated carbocycles. The highest BCUT2D eigenvalue weighted by Gasteiger charge is 2.29. The molecule has 1 aromatic heterocycles. The van der Waals surface area contributed by atoms with Crippen LogP contribution in [0.3, 0.4) is 0 Å². The largest absolute Gasteiger partial charge is 0.508 e. The van der Waals surface area contributed by atoms with E-state index in [9.17, 15) is 15.0 Å². The maximum atomic E-state index is 13.8. The first-order valence-corrected chi connectivity index (χ1v) is 13.4. The molecule has 1 aliphatic heterocycles. The van der Waals surface area contributed by atoms with Gasteiger partial charge in [0.25, 0.3) is 5.91 Å². The number of aromatic hydroxyl groups is 2. The topological polar surface area (TPSA) is 99.8 Å². The number of ether oxygens (including phenoxy) is 1. The number of nitrogens with zero attached hydrogens (tertiary/aromatic N) is 3. The third-order valence-corrected chi connectivity index (χ3v) is 7.75. The zero-order chi connectivity index (χ0) is 26.9. The minimum Gasteiger partial charge on any atom is -0.508 e. The van der Waals surface area contributed by atoms with Crippen LogP contribution in [-0.4, -0.2) is 37.9 Å². The Bertz CT molecular complexity index is 1500. The maximum Gasteiger partial charge on any atom is 0.260 e. The number of fused-ring (bicyclic) bond motifs is 1. The quantitative estimate of drug-likeness (QED) is 0.271. The highest BCUT2D eigenvalue weighted by Crippen LogP contribution is 2.39. The number of nitrogens with one attached hydrogen (secondary N) is 1. The van der Waals surface area contributed by atoms with Crippen molar-refractivity contribution in [3.05, 3.63) is 83.4 Å². The summed E-state index contributed by atoms with van der Waals surface area (Å²) in [5.74, 6) is 0.695. The Kier molecular flexibility index (Phi) is 6.60. The molecule has 0 atom stereocenters. The van der Waals surface area contributed by atoms with Gasteiger partial charge in [-0.05, 0) is 36.1 Å². The Balaban J connectivity index is 1.39. The second kappa shape index (κ2) is 10.4. The molecule has 3 aromatic carbocycles. The molecule has 0 radical (unpaired) electrons. The van der Waals surface area contributed by atoms with Crippen LogP contribution in [0.5, 0.6) is 17.2 Å². The van der Waals surface area contributed by atoms with Crippen molar-refractivity contribution in [3.63, 3.8) is 0 Å². The second-order valence-electron chi connectivity index (χ2n) is 10.3. The zero-order valence-corrected chi connectivity index (χ0v) is 21.9. The van der Waals surface area contributed by atoms with Gasteiger partial charge >= 0.3 is 0 Å². The number of phenolic OH excluding ortho intramolecular Hbond substituents is 2. The number of carbonyl (C=O) groups excluding carboxylic acids is 1. The van der Waals surface area contributed by atoms with Crippen molar-refractivity contribution >= 4 is 17.4 Å². The average Bonchev–Trinajstić information content (AvgIpc) is 3.57. The Morgan fingerprint density at radius 2 is 1.64 bits per heavy atom. The summed E-state index contributed by atoms with van der Waals surface area (Å²) >= 11 is 0. The zero-order valence-electron chi connectivity index (χ0n) is 21.9. The maximum absolute atomic E-state index is 13.8. The average molecular weight is 525 g/mol. The molecule has 0 saturated heterocycles. The van der Waals surface area contributed by atoms with Gasteiger partial charge in [0.2, 0.25) is 0 Å². The number of anilines is 2. The van der Waals surface area contributed by atoms with E-state index in [2.05, 4.69) is 5.32 Å². The van der Waals surface area contributed by atoms with Crippen molar-refractivity contribution in [1.29, 1.82) is 0 Å². The van der Waals surface area contributed by atoms with Crippen LogP contribution in [0.4, 0.5) is 11.5 Å². The van der Waals surface area contributed by atoms with Gasteiger partial charge in [-0.2, -0.15) is 5.10 Å². The van der Waals surface area contributed by atoms with E-state index >= 15 is 0 Å². The third-order valence-electron chi connectivity index (χ3n) is 7.75. The normalized spacial score (nSPS) is 15.3. The Labute approximate surface area is 227 Å². The fourth-order valence-corrected chi connectivity index (χ4v) is 5.79. The summed E-state index contributed by atoms with van der Waals surface area (Å²) in [6.45, 7) is 0.930. The number of hydrogen-bond acceptors (Lipinski definition) is 6. The molecule has 39 heavy (non-hydrogen) atoms. The summed E-state index contributed by atoms with van der Waals surface area (Å²) in [5.41, 5.74) is 4.24. The smallest absolute Gasteiger partial charge is 0.260 e. The third kappa shape index (κ3) is 4.78. The minimum absolute atomic E-state index is 0.121. The summed E-state index contributed by atoms with van der Waals surface area (Å²) in [4.78, 5) is 15.5. The van der Waals surface area contributed by atoms with E-state index < -0.39 is 0 Å². The van der Waals surface area contributed by atoms with Crippen LogP contribution < -0.4 is 10.1 Å². The molecule has 6 rings (SSSR count). The first-order valence-electron chi connectivity index (χ1n) is 13.4. The monoisotopic (exact) mass is 524 g/mol. The van der Waals surface area contributed by atoms with Gasteiger partial charge in [-0.25, -0.2) is 4.68 Å². The molecule has 2 aliphatic rings. The number of hydrogen-bond donors (Lipinski definition) is 3. The lowest BCUT2D eigenvalue weighted by molar-refractivity contribution is 0.0749. The molecular weight excluding hydrogens is 492 g/mol. The number of amides is 1. The van der Waals surface area contributed by atoms with Gasteiger partial charge in [-0.15, -0.1) is 0 Å². The van der Waals surface area contributed by atoms with Crippen LogP contribution >= 0.6 is 0 Å². The summed E-state index contributed by atoms with van der Waals surface area (Å²) < 4.78 is 7.58. The number of phenols is 2. The van der Waals surface area contributed by atoms with Crippen molar-refractivity contribution in [1.82, 2.24) is 14.7 Å². The Morgan fingerprint density at radius 3 is 2.36 bits per heavy atom. The first kappa shape index (κ1) is 24.9. The predicted octanol–water partition coefficient (Wildman–Crippen LogP) is 6.37. The second-order valence-corrected chi connectivity index (χ2v) is 10.3. The molecule has 0 spiro atoms. The van der Waals surface area contributed by atoms with Crippen LogP contribution in [0, 0.1) is 0 Å². The van der Waals surface area contributed by atoms with E-state index in [1.807, 2.05) is 59.3 Å². The molecule has 3 N–H and O–H groups in total. The van der Waals surface area contributed by atoms with Crippen LogP contribution in [0.25, 0.3) is 11.3 Å². The SMILES string of the molecule is COc1ccccc1-c1cc(Nc2cc(O)cc(O)c2C(=O)N2Cc3ccccc3C2)n(C2CCCCC2)n1. The fraction of sp³-hybridized carbons (Fsp3) is 0.290. The molecule has 200 valence electrons. The fourth-order valence-electron chi connectivity index (χ4n) is 5.79. The van der Waals surface area contributed by atoms with Gasteiger partial charge in [-0.3, -0.25) is 4.79 Å². The van der Waals surface area contributed by atoms with Crippen molar-refractivity contribution < 1.29 is 19.7 Å². The van der Waals surface area contributed by atoms with Gasteiger partial charge < -0.3 is 25.2 Å². The van der Waals surface area contributed by atoms with Crippen LogP contribution in [0.2, 0.25) is 0 Å². The molecule has 0 bridgehead atoms. The van der Waals surface area contributed by atoms with E-state index in [0.717, 1.165) is 53.8 Å². The number of rotatable bonds is 6. The lowest BCUT2D eigenvalue weighted by Crippen LogP contribution is -2.26. The molecule has 1 fully saturated rings. The van der Waals surface area contributed by atoms with Crippen LogP contribution in [-0.2, 0) is 13.1 Å². The molecular formula is C31H32N4O4. The molecule has 8 heteroatoms. The molecule has 4 aromatic rings. The van der Waals surface area contributed by atoms with Crippen molar-refractivity contribution in [2.45, 2.75) is 51.2 Å². The minimum atomic E-state index is -0.306. The number of methoxy groups -OCH3 is 1. The van der Waals surface area contributed by atoms with E-state index in [1.54, 1.807) is 12.0 Å². The highest BCUT2D eigenvalue weighted by molar-refractivity contribution is 6.03. The summed E-state index contributed by atoms with van der Waals surface area (Å²) in [6, 6.07) is 20.5. The Morgan fingerprint density at radius 1 is 0.949 bits per heavy atom. The van der Waals surface area contributed by atoms with E-state index in [0.29, 0.717) is 24.6 Å².